The molecule has 3 aliphatic rings. The Kier molecular flexibility index (Phi) is 6.87. The molecule has 4 heterocycles. The summed E-state index contributed by atoms with van der Waals surface area (Å²) in [7, 11) is 0. The molecule has 2 saturated heterocycles. The van der Waals surface area contributed by atoms with Gasteiger partial charge >= 0.3 is 0 Å². The Labute approximate surface area is 224 Å². The highest BCUT2D eigenvalue weighted by Crippen LogP contribution is 2.37. The van der Waals surface area contributed by atoms with Gasteiger partial charge in [-0.2, -0.15) is 10.2 Å². The maximum absolute atomic E-state index is 9.74. The molecule has 1 aromatic carbocycles. The molecule has 0 bridgehead atoms. The van der Waals surface area contributed by atoms with Gasteiger partial charge in [-0.3, -0.25) is 4.90 Å². The third-order valence-corrected chi connectivity index (χ3v) is 7.26. The second-order valence-electron chi connectivity index (χ2n) is 9.62. The number of ether oxygens (including phenoxy) is 2. The largest absolute Gasteiger partial charge is 0.376 e. The van der Waals surface area contributed by atoms with Crippen molar-refractivity contribution in [3.05, 3.63) is 40.3 Å². The third kappa shape index (κ3) is 5.17. The first-order valence-electron chi connectivity index (χ1n) is 12.7. The van der Waals surface area contributed by atoms with Crippen LogP contribution in [-0.4, -0.2) is 89.2 Å². The molecule has 38 heavy (non-hydrogen) atoms. The van der Waals surface area contributed by atoms with Gasteiger partial charge in [-0.15, -0.1) is 4.52 Å². The Morgan fingerprint density at radius 2 is 2.05 bits per heavy atom. The molecule has 1 unspecified atom stereocenters. The predicted octanol–water partition coefficient (Wildman–Crippen LogP) is 3.06. The molecule has 0 spiro atoms. The zero-order valence-electron chi connectivity index (χ0n) is 20.7. The van der Waals surface area contributed by atoms with E-state index in [9.17, 15) is 5.26 Å². The van der Waals surface area contributed by atoms with Gasteiger partial charge in [0.25, 0.3) is 17.4 Å². The van der Waals surface area contributed by atoms with Gasteiger partial charge in [0.15, 0.2) is 5.82 Å². The first-order valence-corrected chi connectivity index (χ1v) is 13.1. The van der Waals surface area contributed by atoms with Gasteiger partial charge in [-0.25, -0.2) is 4.98 Å². The Bertz CT molecular complexity index is 1410. The monoisotopic (exact) mass is 534 g/mol. The molecule has 0 amide bonds. The first-order chi connectivity index (χ1) is 18.6. The second kappa shape index (κ2) is 10.6. The fraction of sp³-hybridized carbons (Fsp3) is 0.480. The summed E-state index contributed by atoms with van der Waals surface area (Å²) in [6.07, 6.45) is 3.70. The number of hydrogen-bond acceptors (Lipinski definition) is 10. The van der Waals surface area contributed by atoms with E-state index in [-0.39, 0.29) is 17.9 Å². The Morgan fingerprint density at radius 3 is 2.76 bits per heavy atom. The topological polar surface area (TPSA) is 120 Å². The van der Waals surface area contributed by atoms with E-state index in [2.05, 4.69) is 46.4 Å². The molecule has 2 aliphatic heterocycles. The molecule has 1 atom stereocenters. The average Bonchev–Trinajstić information content (AvgIpc) is 3.66. The summed E-state index contributed by atoms with van der Waals surface area (Å²) >= 11 is 6.90. The Hall–Kier alpha value is -3.68. The molecule has 2 N–H and O–H groups in total. The van der Waals surface area contributed by atoms with Crippen molar-refractivity contribution in [2.45, 2.75) is 25.0 Å². The minimum Gasteiger partial charge on any atom is -0.376 e. The Balaban J connectivity index is 1.24. The molecule has 13 heteroatoms. The third-order valence-electron chi connectivity index (χ3n) is 6.87. The number of benzene rings is 1. The van der Waals surface area contributed by atoms with Crippen molar-refractivity contribution >= 4 is 46.2 Å². The number of piperazine rings is 1. The quantitative estimate of drug-likeness (QED) is 0.437. The SMILES string of the molecule is [C-]#[N+]c1cnc2c(NC3CC3)nc(Nc3cc(C#N)cc(N4CCN(CC5COCCO5)CC4)c3Cl)nn12. The smallest absolute Gasteiger partial charge is 0.275 e. The maximum Gasteiger partial charge on any atom is 0.275 e. The van der Waals surface area contributed by atoms with E-state index in [0.717, 1.165) is 51.3 Å². The van der Waals surface area contributed by atoms with Crippen molar-refractivity contribution in [2.24, 2.45) is 0 Å². The number of nitrogens with zero attached hydrogens (tertiary/aromatic N) is 8. The van der Waals surface area contributed by atoms with Gasteiger partial charge in [-0.1, -0.05) is 23.3 Å². The van der Waals surface area contributed by atoms with E-state index in [0.29, 0.717) is 53.6 Å². The number of anilines is 4. The zero-order valence-corrected chi connectivity index (χ0v) is 21.5. The van der Waals surface area contributed by atoms with Gasteiger partial charge in [0.05, 0.1) is 60.2 Å². The van der Waals surface area contributed by atoms with Crippen LogP contribution in [0.5, 0.6) is 0 Å². The standard InChI is InChI=1S/C25H27ClN10O2/c1-28-21-13-29-24-23(30-17-2-3-17)32-25(33-36(21)24)31-19-10-16(12-27)11-20(22(19)26)35-6-4-34(5-7-35)14-18-15-37-8-9-38-18/h10-11,13,17-18H,2-9,14-15H2,(H2,30,31,32,33). The molecule has 2 aromatic heterocycles. The lowest BCUT2D eigenvalue weighted by Crippen LogP contribution is -2.50. The molecule has 6 rings (SSSR count). The summed E-state index contributed by atoms with van der Waals surface area (Å²) < 4.78 is 12.8. The van der Waals surface area contributed by atoms with Crippen molar-refractivity contribution in [2.75, 3.05) is 68.1 Å². The molecule has 196 valence electrons. The predicted molar refractivity (Wildman–Crippen MR) is 142 cm³/mol. The second-order valence-corrected chi connectivity index (χ2v) is 9.99. The molecule has 3 fully saturated rings. The van der Waals surface area contributed by atoms with Gasteiger partial charge in [0, 0.05) is 38.8 Å². The van der Waals surface area contributed by atoms with Gasteiger partial charge in [0.1, 0.15) is 0 Å². The molecule has 0 radical (unpaired) electrons. The van der Waals surface area contributed by atoms with E-state index in [1.807, 2.05) is 6.07 Å². The summed E-state index contributed by atoms with van der Waals surface area (Å²) in [4.78, 5) is 17.0. The first kappa shape index (κ1) is 24.6. The van der Waals surface area contributed by atoms with Crippen molar-refractivity contribution in [3.8, 4) is 6.07 Å². The zero-order chi connectivity index (χ0) is 26.1. The molecular weight excluding hydrogens is 508 g/mol. The highest BCUT2D eigenvalue weighted by molar-refractivity contribution is 6.36. The fourth-order valence-electron chi connectivity index (χ4n) is 4.73. The van der Waals surface area contributed by atoms with Gasteiger partial charge < -0.3 is 29.9 Å². The summed E-state index contributed by atoms with van der Waals surface area (Å²) in [6.45, 7) is 13.5. The number of fused-ring (bicyclic) bond motifs is 1. The van der Waals surface area contributed by atoms with E-state index >= 15 is 0 Å². The number of imidazole rings is 1. The highest BCUT2D eigenvalue weighted by Gasteiger charge is 2.27. The number of halogens is 1. The lowest BCUT2D eigenvalue weighted by molar-refractivity contribution is -0.0977. The number of nitrogens with one attached hydrogen (secondary N) is 2. The number of rotatable bonds is 7. The minimum absolute atomic E-state index is 0.104. The Morgan fingerprint density at radius 1 is 1.21 bits per heavy atom. The average molecular weight is 535 g/mol. The number of hydrogen-bond donors (Lipinski definition) is 2. The summed E-state index contributed by atoms with van der Waals surface area (Å²) in [6, 6.07) is 6.08. The lowest BCUT2D eigenvalue weighted by atomic mass is 10.1. The lowest BCUT2D eigenvalue weighted by Gasteiger charge is -2.38. The van der Waals surface area contributed by atoms with Crippen LogP contribution in [0.4, 0.5) is 29.0 Å². The van der Waals surface area contributed by atoms with Crippen LogP contribution in [0.2, 0.25) is 5.02 Å². The van der Waals surface area contributed by atoms with Crippen LogP contribution in [0.15, 0.2) is 18.3 Å². The highest BCUT2D eigenvalue weighted by atomic mass is 35.5. The van der Waals surface area contributed by atoms with Crippen LogP contribution in [0.25, 0.3) is 10.5 Å². The van der Waals surface area contributed by atoms with E-state index < -0.39 is 0 Å². The van der Waals surface area contributed by atoms with Crippen molar-refractivity contribution < 1.29 is 9.47 Å². The van der Waals surface area contributed by atoms with Crippen molar-refractivity contribution in [1.82, 2.24) is 24.5 Å². The molecular formula is C25H27ClN10O2. The van der Waals surface area contributed by atoms with E-state index in [4.69, 9.17) is 27.6 Å². The summed E-state index contributed by atoms with van der Waals surface area (Å²) in [5.74, 6) is 1.09. The summed E-state index contributed by atoms with van der Waals surface area (Å²) in [5, 5.41) is 21.3. The molecule has 1 saturated carbocycles. The van der Waals surface area contributed by atoms with Crippen LogP contribution in [0, 0.1) is 17.9 Å². The molecule has 12 nitrogen and oxygen atoms in total. The van der Waals surface area contributed by atoms with Gasteiger partial charge in [-0.05, 0) is 25.0 Å². The van der Waals surface area contributed by atoms with Crippen molar-refractivity contribution in [1.29, 1.82) is 5.26 Å². The number of nitriles is 1. The van der Waals surface area contributed by atoms with E-state index in [1.165, 1.54) is 10.7 Å². The number of aromatic nitrogens is 4. The van der Waals surface area contributed by atoms with E-state index in [1.54, 1.807) is 6.07 Å². The molecule has 1 aliphatic carbocycles. The fourth-order valence-corrected chi connectivity index (χ4v) is 5.01. The van der Waals surface area contributed by atoms with Crippen LogP contribution >= 0.6 is 11.6 Å². The maximum atomic E-state index is 9.74. The normalized spacial score (nSPS) is 20.2. The van der Waals surface area contributed by atoms with Crippen LogP contribution < -0.4 is 15.5 Å². The van der Waals surface area contributed by atoms with Crippen LogP contribution in [-0.2, 0) is 9.47 Å². The summed E-state index contributed by atoms with van der Waals surface area (Å²) in [5.41, 5.74) is 2.28. The van der Waals surface area contributed by atoms with Gasteiger partial charge in [0.2, 0.25) is 0 Å². The van der Waals surface area contributed by atoms with Crippen LogP contribution in [0.1, 0.15) is 18.4 Å². The van der Waals surface area contributed by atoms with Crippen LogP contribution in [0.3, 0.4) is 0 Å². The minimum atomic E-state index is 0.104. The van der Waals surface area contributed by atoms with Crippen molar-refractivity contribution in [3.63, 3.8) is 0 Å². The molecule has 3 aromatic rings.